The fourth-order valence-corrected chi connectivity index (χ4v) is 0.684. The van der Waals surface area contributed by atoms with Crippen molar-refractivity contribution in [1.82, 2.24) is 4.90 Å². The van der Waals surface area contributed by atoms with Crippen LogP contribution in [0.4, 0.5) is 0 Å². The maximum absolute atomic E-state index is 10.6. The van der Waals surface area contributed by atoms with Gasteiger partial charge in [0.2, 0.25) is 0 Å². The van der Waals surface area contributed by atoms with E-state index in [0.717, 1.165) is 13.0 Å². The summed E-state index contributed by atoms with van der Waals surface area (Å²) in [6.45, 7) is 0.349. The van der Waals surface area contributed by atoms with Gasteiger partial charge in [0.25, 0.3) is 0 Å². The third-order valence-electron chi connectivity index (χ3n) is 1.21. The van der Waals surface area contributed by atoms with Gasteiger partial charge in [-0.2, -0.15) is 0 Å². The Kier molecular flexibility index (Phi) is 5.78. The van der Waals surface area contributed by atoms with E-state index in [0.29, 0.717) is 6.42 Å². The summed E-state index contributed by atoms with van der Waals surface area (Å²) in [5, 5.41) is 8.19. The number of aliphatic hydroxyl groups is 1. The number of hydrogen-bond donors (Lipinski definition) is 1. The molecule has 66 valence electrons. The molecule has 0 atom stereocenters. The standard InChI is InChI=1S/C7H15NO3/c1-8(2)5-3-4-7(10)11-6-9/h9H,3-6H2,1-2H3. The Balaban J connectivity index is 3.17. The molecule has 0 amide bonds. The fraction of sp³-hybridized carbons (Fsp3) is 0.857. The van der Waals surface area contributed by atoms with Crippen LogP contribution in [0.2, 0.25) is 0 Å². The normalized spacial score (nSPS) is 10.2. The smallest absolute Gasteiger partial charge is 0.307 e. The van der Waals surface area contributed by atoms with Gasteiger partial charge < -0.3 is 14.7 Å². The highest BCUT2D eigenvalue weighted by Crippen LogP contribution is 1.92. The number of ether oxygens (including phenoxy) is 1. The summed E-state index contributed by atoms with van der Waals surface area (Å²) in [7, 11) is 3.88. The Bertz CT molecular complexity index is 114. The van der Waals surface area contributed by atoms with Crippen LogP contribution in [0.15, 0.2) is 0 Å². The van der Waals surface area contributed by atoms with Gasteiger partial charge in [0.15, 0.2) is 6.79 Å². The number of esters is 1. The zero-order valence-electron chi connectivity index (χ0n) is 7.04. The minimum absolute atomic E-state index is 0.339. The maximum Gasteiger partial charge on any atom is 0.307 e. The Morgan fingerprint density at radius 2 is 2.18 bits per heavy atom. The summed E-state index contributed by atoms with van der Waals surface area (Å²) in [6.07, 6.45) is 1.14. The van der Waals surface area contributed by atoms with Crippen molar-refractivity contribution in [2.24, 2.45) is 0 Å². The number of carbonyl (C=O) groups excluding carboxylic acids is 1. The summed E-state index contributed by atoms with van der Waals surface area (Å²) < 4.78 is 4.32. The lowest BCUT2D eigenvalue weighted by atomic mass is 10.3. The lowest BCUT2D eigenvalue weighted by molar-refractivity contribution is -0.151. The number of rotatable bonds is 5. The van der Waals surface area contributed by atoms with E-state index in [1.807, 2.05) is 19.0 Å². The largest absolute Gasteiger partial charge is 0.439 e. The number of carbonyl (C=O) groups is 1. The van der Waals surface area contributed by atoms with Crippen LogP contribution in [0.3, 0.4) is 0 Å². The van der Waals surface area contributed by atoms with E-state index in [1.165, 1.54) is 0 Å². The molecular weight excluding hydrogens is 146 g/mol. The van der Waals surface area contributed by atoms with E-state index in [2.05, 4.69) is 4.74 Å². The molecule has 0 spiro atoms. The van der Waals surface area contributed by atoms with Gasteiger partial charge in [-0.1, -0.05) is 0 Å². The van der Waals surface area contributed by atoms with Gasteiger partial charge in [-0.25, -0.2) is 0 Å². The van der Waals surface area contributed by atoms with Crippen molar-refractivity contribution in [2.75, 3.05) is 27.4 Å². The maximum atomic E-state index is 10.6. The molecule has 0 radical (unpaired) electrons. The SMILES string of the molecule is CN(C)CCCC(=O)OCO. The molecule has 0 aliphatic carbocycles. The molecule has 0 bridgehead atoms. The van der Waals surface area contributed by atoms with Crippen molar-refractivity contribution in [3.05, 3.63) is 0 Å². The first kappa shape index (κ1) is 10.4. The molecule has 0 aliphatic rings. The summed E-state index contributed by atoms with van der Waals surface area (Å²) in [5.74, 6) is -0.339. The summed E-state index contributed by atoms with van der Waals surface area (Å²) in [5.41, 5.74) is 0. The van der Waals surface area contributed by atoms with Gasteiger partial charge in [-0.05, 0) is 27.1 Å². The minimum atomic E-state index is -0.513. The van der Waals surface area contributed by atoms with E-state index >= 15 is 0 Å². The quantitative estimate of drug-likeness (QED) is 0.449. The molecule has 0 aromatic rings. The first-order chi connectivity index (χ1) is 5.16. The van der Waals surface area contributed by atoms with Gasteiger partial charge in [0.1, 0.15) is 0 Å². The first-order valence-corrected chi connectivity index (χ1v) is 3.58. The second-order valence-electron chi connectivity index (χ2n) is 2.55. The van der Waals surface area contributed by atoms with Crippen molar-refractivity contribution in [1.29, 1.82) is 0 Å². The van der Waals surface area contributed by atoms with Gasteiger partial charge in [-0.15, -0.1) is 0 Å². The number of aliphatic hydroxyl groups excluding tert-OH is 1. The van der Waals surface area contributed by atoms with Crippen molar-refractivity contribution >= 4 is 5.97 Å². The molecular formula is C7H15NO3. The van der Waals surface area contributed by atoms with E-state index in [9.17, 15) is 4.79 Å². The Hall–Kier alpha value is -0.610. The predicted octanol–water partition coefficient (Wildman–Crippen LogP) is -0.179. The molecule has 0 unspecified atom stereocenters. The van der Waals surface area contributed by atoms with Crippen LogP contribution in [-0.4, -0.2) is 43.4 Å². The molecule has 0 heterocycles. The van der Waals surface area contributed by atoms with Gasteiger partial charge in [0.05, 0.1) is 0 Å². The second kappa shape index (κ2) is 6.12. The summed E-state index contributed by atoms with van der Waals surface area (Å²) in [4.78, 5) is 12.6. The van der Waals surface area contributed by atoms with Gasteiger partial charge >= 0.3 is 5.97 Å². The zero-order valence-corrected chi connectivity index (χ0v) is 7.04. The van der Waals surface area contributed by atoms with Crippen molar-refractivity contribution in [3.63, 3.8) is 0 Å². The lowest BCUT2D eigenvalue weighted by Gasteiger charge is -2.07. The van der Waals surface area contributed by atoms with Gasteiger partial charge in [-0.3, -0.25) is 4.79 Å². The average Bonchev–Trinajstić information content (AvgIpc) is 1.87. The minimum Gasteiger partial charge on any atom is -0.439 e. The molecule has 0 fully saturated rings. The van der Waals surface area contributed by atoms with Crippen molar-refractivity contribution in [2.45, 2.75) is 12.8 Å². The Labute approximate surface area is 66.8 Å². The number of hydrogen-bond acceptors (Lipinski definition) is 4. The third kappa shape index (κ3) is 7.29. The first-order valence-electron chi connectivity index (χ1n) is 3.58. The third-order valence-corrected chi connectivity index (χ3v) is 1.21. The topological polar surface area (TPSA) is 49.8 Å². The molecule has 1 N–H and O–H groups in total. The van der Waals surface area contributed by atoms with Crippen LogP contribution in [0.5, 0.6) is 0 Å². The second-order valence-corrected chi connectivity index (χ2v) is 2.55. The molecule has 0 aliphatic heterocycles. The molecule has 0 saturated heterocycles. The van der Waals surface area contributed by atoms with Crippen molar-refractivity contribution < 1.29 is 14.6 Å². The highest BCUT2D eigenvalue weighted by Gasteiger charge is 2.00. The average molecular weight is 161 g/mol. The van der Waals surface area contributed by atoms with Crippen LogP contribution in [0.25, 0.3) is 0 Å². The zero-order chi connectivity index (χ0) is 8.69. The van der Waals surface area contributed by atoms with Crippen LogP contribution in [0, 0.1) is 0 Å². The van der Waals surface area contributed by atoms with Crippen LogP contribution < -0.4 is 0 Å². The molecule has 0 rings (SSSR count). The Morgan fingerprint density at radius 3 is 2.64 bits per heavy atom. The van der Waals surface area contributed by atoms with Crippen LogP contribution in [0.1, 0.15) is 12.8 Å². The number of nitrogens with zero attached hydrogens (tertiary/aromatic N) is 1. The molecule has 4 heteroatoms. The monoisotopic (exact) mass is 161 g/mol. The lowest BCUT2D eigenvalue weighted by Crippen LogP contribution is -2.15. The molecule has 0 aromatic heterocycles. The summed E-state index contributed by atoms with van der Waals surface area (Å²) in [6, 6.07) is 0. The van der Waals surface area contributed by atoms with Crippen molar-refractivity contribution in [3.8, 4) is 0 Å². The van der Waals surface area contributed by atoms with E-state index in [4.69, 9.17) is 5.11 Å². The van der Waals surface area contributed by atoms with E-state index in [-0.39, 0.29) is 5.97 Å². The van der Waals surface area contributed by atoms with Crippen LogP contribution >= 0.6 is 0 Å². The highest BCUT2D eigenvalue weighted by atomic mass is 16.6. The molecule has 11 heavy (non-hydrogen) atoms. The van der Waals surface area contributed by atoms with Gasteiger partial charge in [0, 0.05) is 6.42 Å². The molecule has 4 nitrogen and oxygen atoms in total. The highest BCUT2D eigenvalue weighted by molar-refractivity contribution is 5.69. The predicted molar refractivity (Wildman–Crippen MR) is 41.0 cm³/mol. The van der Waals surface area contributed by atoms with E-state index in [1.54, 1.807) is 0 Å². The van der Waals surface area contributed by atoms with E-state index < -0.39 is 6.79 Å². The fourth-order valence-electron chi connectivity index (χ4n) is 0.684. The summed E-state index contributed by atoms with van der Waals surface area (Å²) >= 11 is 0. The van der Waals surface area contributed by atoms with Crippen LogP contribution in [-0.2, 0) is 9.53 Å². The molecule has 0 aromatic carbocycles. The molecule has 0 saturated carbocycles. The Morgan fingerprint density at radius 1 is 1.55 bits per heavy atom.